The molecular formula is C39H76NO7P. The maximum Gasteiger partial charge on any atom is 0.306 e. The van der Waals surface area contributed by atoms with E-state index >= 15 is 0 Å². The van der Waals surface area contributed by atoms with Crippen LogP contribution < -0.4 is 4.89 Å². The number of allylic oxidation sites excluding steroid dienone is 2. The molecule has 0 rings (SSSR count). The second-order valence-electron chi connectivity index (χ2n) is 14.5. The van der Waals surface area contributed by atoms with Crippen molar-refractivity contribution >= 4 is 19.5 Å². The van der Waals surface area contributed by atoms with E-state index in [0.717, 1.165) is 51.4 Å². The van der Waals surface area contributed by atoms with Gasteiger partial charge in [0.25, 0.3) is 0 Å². The SMILES string of the molecule is CCCCCCCC/C=C\CCCCCCCC(=O)OC[C@H](COP(=O)([O-])C(CC)[N+](C)(C)C)OC(=O)CCCCCCCCCCC. The molecule has 0 spiro atoms. The molecule has 0 aromatic heterocycles. The minimum atomic E-state index is -4.27. The van der Waals surface area contributed by atoms with Crippen LogP contribution in [0.15, 0.2) is 12.2 Å². The Morgan fingerprint density at radius 2 is 1.04 bits per heavy atom. The molecule has 9 heteroatoms. The van der Waals surface area contributed by atoms with Crippen LogP contribution in [0.1, 0.15) is 181 Å². The molecule has 2 unspecified atom stereocenters. The van der Waals surface area contributed by atoms with Crippen molar-refractivity contribution in [1.29, 1.82) is 0 Å². The number of hydrogen-bond acceptors (Lipinski definition) is 7. The highest BCUT2D eigenvalue weighted by molar-refractivity contribution is 7.51. The Labute approximate surface area is 296 Å². The highest BCUT2D eigenvalue weighted by Crippen LogP contribution is 2.47. The summed E-state index contributed by atoms with van der Waals surface area (Å²) in [6, 6.07) is 0. The Hall–Kier alpha value is -1.21. The number of carbonyl (C=O) groups is 2. The Kier molecular flexibility index (Phi) is 29.8. The summed E-state index contributed by atoms with van der Waals surface area (Å²) in [5, 5.41) is 0. The lowest BCUT2D eigenvalue weighted by molar-refractivity contribution is -0.884. The first-order valence-corrected chi connectivity index (χ1v) is 21.4. The van der Waals surface area contributed by atoms with Gasteiger partial charge in [0, 0.05) is 19.3 Å². The first kappa shape index (κ1) is 46.8. The van der Waals surface area contributed by atoms with Gasteiger partial charge in [0.15, 0.2) is 19.5 Å². The summed E-state index contributed by atoms with van der Waals surface area (Å²) in [4.78, 5) is 38.1. The fourth-order valence-corrected chi connectivity index (χ4v) is 7.85. The van der Waals surface area contributed by atoms with E-state index in [9.17, 15) is 19.0 Å². The Bertz CT molecular complexity index is 858. The average Bonchev–Trinajstić information content (AvgIpc) is 3.02. The number of hydrogen-bond donors (Lipinski definition) is 0. The smallest absolute Gasteiger partial charge is 0.306 e. The lowest BCUT2D eigenvalue weighted by Crippen LogP contribution is -2.47. The minimum absolute atomic E-state index is 0.200. The van der Waals surface area contributed by atoms with E-state index in [1.54, 1.807) is 0 Å². The molecule has 0 fully saturated rings. The van der Waals surface area contributed by atoms with Gasteiger partial charge in [0.1, 0.15) is 6.61 Å². The monoisotopic (exact) mass is 702 g/mol. The standard InChI is InChI=1S/C39H76NO7P/c1-7-10-12-14-16-18-19-20-21-22-23-25-26-28-30-32-38(41)45-34-36(35-46-48(43,44)37(9-3)40(4,5)6)47-39(42)33-31-29-27-24-17-15-13-11-8-2/h20-21,36-37H,7-19,22-35H2,1-6H3/b21-20-/t36-,37?/m1/s1. The number of rotatable bonds is 34. The summed E-state index contributed by atoms with van der Waals surface area (Å²) in [7, 11) is 1.15. The molecule has 0 N–H and O–H groups in total. The zero-order valence-corrected chi connectivity index (χ0v) is 33.0. The van der Waals surface area contributed by atoms with Crippen molar-refractivity contribution in [2.45, 2.75) is 193 Å². The molecule has 0 saturated heterocycles. The van der Waals surface area contributed by atoms with Crippen molar-refractivity contribution < 1.29 is 37.5 Å². The van der Waals surface area contributed by atoms with Gasteiger partial charge in [-0.2, -0.15) is 0 Å². The maximum absolute atomic E-state index is 13.0. The molecular weight excluding hydrogens is 625 g/mol. The first-order chi connectivity index (χ1) is 23.0. The largest absolute Gasteiger partial charge is 0.774 e. The molecule has 0 aliphatic heterocycles. The van der Waals surface area contributed by atoms with Gasteiger partial charge in [-0.3, -0.25) is 9.59 Å². The number of esters is 2. The third-order valence-corrected chi connectivity index (χ3v) is 11.2. The van der Waals surface area contributed by atoms with Crippen molar-refractivity contribution in [1.82, 2.24) is 0 Å². The van der Waals surface area contributed by atoms with E-state index in [1.807, 2.05) is 28.1 Å². The summed E-state index contributed by atoms with van der Waals surface area (Å²) in [6.07, 6.45) is 30.2. The number of ether oxygens (including phenoxy) is 2. The predicted molar refractivity (Wildman–Crippen MR) is 198 cm³/mol. The van der Waals surface area contributed by atoms with E-state index in [1.165, 1.54) is 89.9 Å². The summed E-state index contributed by atoms with van der Waals surface area (Å²) >= 11 is 0. The summed E-state index contributed by atoms with van der Waals surface area (Å²) < 4.78 is 29.6. The molecule has 48 heavy (non-hydrogen) atoms. The molecule has 0 amide bonds. The maximum atomic E-state index is 13.0. The van der Waals surface area contributed by atoms with Crippen LogP contribution in [0.25, 0.3) is 0 Å². The average molecular weight is 702 g/mol. The van der Waals surface area contributed by atoms with Crippen molar-refractivity contribution in [2.24, 2.45) is 0 Å². The van der Waals surface area contributed by atoms with Gasteiger partial charge in [-0.1, -0.05) is 136 Å². The number of quaternary nitrogens is 1. The van der Waals surface area contributed by atoms with Crippen LogP contribution in [-0.4, -0.2) is 62.7 Å². The van der Waals surface area contributed by atoms with Crippen molar-refractivity contribution in [3.8, 4) is 0 Å². The van der Waals surface area contributed by atoms with E-state index in [2.05, 4.69) is 26.0 Å². The molecule has 0 heterocycles. The first-order valence-electron chi connectivity index (χ1n) is 19.7. The summed E-state index contributed by atoms with van der Waals surface area (Å²) in [5.74, 6) is -1.52. The highest BCUT2D eigenvalue weighted by Gasteiger charge is 2.34. The third kappa shape index (κ3) is 27.6. The molecule has 0 radical (unpaired) electrons. The highest BCUT2D eigenvalue weighted by atomic mass is 31.2. The Morgan fingerprint density at radius 1 is 0.625 bits per heavy atom. The number of unbranched alkanes of at least 4 members (excludes halogenated alkanes) is 19. The summed E-state index contributed by atoms with van der Waals surface area (Å²) in [5.41, 5.74) is 0. The lowest BCUT2D eigenvalue weighted by atomic mass is 10.1. The van der Waals surface area contributed by atoms with Crippen LogP contribution in [0.3, 0.4) is 0 Å². The Morgan fingerprint density at radius 3 is 1.48 bits per heavy atom. The van der Waals surface area contributed by atoms with Gasteiger partial charge in [-0.05, 0) is 38.5 Å². The topological polar surface area (TPSA) is 102 Å². The molecule has 3 atom stereocenters. The van der Waals surface area contributed by atoms with Gasteiger partial charge in [-0.15, -0.1) is 0 Å². The summed E-state index contributed by atoms with van der Waals surface area (Å²) in [6.45, 7) is 5.70. The predicted octanol–water partition coefficient (Wildman–Crippen LogP) is 10.4. The normalized spacial score (nSPS) is 14.6. The van der Waals surface area contributed by atoms with E-state index in [-0.39, 0.29) is 36.5 Å². The van der Waals surface area contributed by atoms with Gasteiger partial charge < -0.3 is 27.9 Å². The van der Waals surface area contributed by atoms with Crippen LogP contribution >= 0.6 is 7.60 Å². The molecule has 0 bridgehead atoms. The second-order valence-corrected chi connectivity index (χ2v) is 16.5. The van der Waals surface area contributed by atoms with Gasteiger partial charge in [0.05, 0.1) is 27.7 Å². The van der Waals surface area contributed by atoms with Crippen LogP contribution in [0.5, 0.6) is 0 Å². The third-order valence-electron chi connectivity index (χ3n) is 8.92. The van der Waals surface area contributed by atoms with Crippen LogP contribution in [-0.2, 0) is 28.2 Å². The molecule has 284 valence electrons. The van der Waals surface area contributed by atoms with Crippen molar-refractivity contribution in [3.63, 3.8) is 0 Å². The molecule has 0 aliphatic rings. The molecule has 0 aromatic rings. The van der Waals surface area contributed by atoms with E-state index in [0.29, 0.717) is 6.42 Å². The second kappa shape index (κ2) is 30.6. The van der Waals surface area contributed by atoms with Crippen LogP contribution in [0, 0.1) is 0 Å². The van der Waals surface area contributed by atoms with Gasteiger partial charge in [-0.25, -0.2) is 0 Å². The van der Waals surface area contributed by atoms with Gasteiger partial charge in [0.2, 0.25) is 0 Å². The number of carbonyl (C=O) groups excluding carboxylic acids is 2. The molecule has 0 aromatic carbocycles. The Balaban J connectivity index is 4.50. The van der Waals surface area contributed by atoms with Crippen molar-refractivity contribution in [3.05, 3.63) is 12.2 Å². The zero-order chi connectivity index (χ0) is 35.9. The number of nitrogens with zero attached hydrogens (tertiary/aromatic N) is 1. The quantitative estimate of drug-likeness (QED) is 0.0216. The van der Waals surface area contributed by atoms with Gasteiger partial charge >= 0.3 is 11.9 Å². The lowest BCUT2D eigenvalue weighted by Gasteiger charge is -2.41. The fourth-order valence-electron chi connectivity index (χ4n) is 6.01. The fraction of sp³-hybridized carbons (Fsp3) is 0.897. The van der Waals surface area contributed by atoms with E-state index < -0.39 is 25.5 Å². The van der Waals surface area contributed by atoms with Crippen molar-refractivity contribution in [2.75, 3.05) is 34.4 Å². The minimum Gasteiger partial charge on any atom is -0.774 e. The van der Waals surface area contributed by atoms with Crippen LogP contribution in [0.2, 0.25) is 0 Å². The molecule has 0 saturated carbocycles. The van der Waals surface area contributed by atoms with E-state index in [4.69, 9.17) is 14.0 Å². The zero-order valence-electron chi connectivity index (χ0n) is 32.2. The molecule has 8 nitrogen and oxygen atoms in total. The molecule has 0 aliphatic carbocycles. The van der Waals surface area contributed by atoms with Crippen LogP contribution in [0.4, 0.5) is 0 Å².